The second kappa shape index (κ2) is 6.11. The molecule has 0 unspecified atom stereocenters. The molecule has 0 radical (unpaired) electrons. The van der Waals surface area contributed by atoms with Gasteiger partial charge in [0.1, 0.15) is 0 Å². The van der Waals surface area contributed by atoms with Crippen LogP contribution in [0.25, 0.3) is 0 Å². The topological polar surface area (TPSA) is 86.2 Å². The molecule has 0 aliphatic carbocycles. The average Bonchev–Trinajstić information content (AvgIpc) is 2.41. The van der Waals surface area contributed by atoms with Crippen molar-refractivity contribution in [1.29, 1.82) is 0 Å². The molecule has 2 aromatic carbocycles. The van der Waals surface area contributed by atoms with Crippen LogP contribution in [0.3, 0.4) is 0 Å². The summed E-state index contributed by atoms with van der Waals surface area (Å²) in [6, 6.07) is 12.2. The lowest BCUT2D eigenvalue weighted by Gasteiger charge is -2.09. The van der Waals surface area contributed by atoms with Gasteiger partial charge in [-0.1, -0.05) is 23.9 Å². The number of primary amides is 2. The van der Waals surface area contributed by atoms with Crippen molar-refractivity contribution in [2.75, 3.05) is 0 Å². The monoisotopic (exact) mass is 350 g/mol. The van der Waals surface area contributed by atoms with Crippen molar-refractivity contribution in [3.05, 3.63) is 58.1 Å². The minimum atomic E-state index is -0.546. The normalized spacial score (nSPS) is 10.2. The van der Waals surface area contributed by atoms with Crippen LogP contribution in [0, 0.1) is 0 Å². The van der Waals surface area contributed by atoms with E-state index in [9.17, 15) is 9.59 Å². The van der Waals surface area contributed by atoms with Gasteiger partial charge in [-0.15, -0.1) is 0 Å². The van der Waals surface area contributed by atoms with E-state index >= 15 is 0 Å². The smallest absolute Gasteiger partial charge is 0.249 e. The van der Waals surface area contributed by atoms with Crippen LogP contribution in [0.1, 0.15) is 20.7 Å². The van der Waals surface area contributed by atoms with Gasteiger partial charge in [-0.2, -0.15) is 0 Å². The number of carbonyl (C=O) groups excluding carboxylic acids is 2. The number of hydrogen-bond donors (Lipinski definition) is 2. The van der Waals surface area contributed by atoms with Crippen molar-refractivity contribution in [3.63, 3.8) is 0 Å². The Morgan fingerprint density at radius 2 is 1.65 bits per heavy atom. The average molecular weight is 351 g/mol. The summed E-state index contributed by atoms with van der Waals surface area (Å²) in [7, 11) is 0. The van der Waals surface area contributed by atoms with E-state index in [4.69, 9.17) is 11.5 Å². The first-order valence-electron chi connectivity index (χ1n) is 5.65. The zero-order valence-corrected chi connectivity index (χ0v) is 12.7. The number of hydrogen-bond acceptors (Lipinski definition) is 3. The van der Waals surface area contributed by atoms with Gasteiger partial charge < -0.3 is 11.5 Å². The quantitative estimate of drug-likeness (QED) is 0.888. The molecule has 2 amide bonds. The molecule has 0 aliphatic rings. The highest BCUT2D eigenvalue weighted by molar-refractivity contribution is 9.10. The van der Waals surface area contributed by atoms with Crippen LogP contribution in [-0.2, 0) is 0 Å². The summed E-state index contributed by atoms with van der Waals surface area (Å²) >= 11 is 4.78. The van der Waals surface area contributed by atoms with E-state index in [-0.39, 0.29) is 0 Å². The summed E-state index contributed by atoms with van der Waals surface area (Å²) < 4.78 is 0.893. The molecule has 102 valence electrons. The molecular formula is C14H11BrN2O2S. The summed E-state index contributed by atoms with van der Waals surface area (Å²) in [5.74, 6) is -1.09. The first kappa shape index (κ1) is 14.6. The predicted molar refractivity (Wildman–Crippen MR) is 81.7 cm³/mol. The maximum absolute atomic E-state index is 11.5. The highest BCUT2D eigenvalue weighted by Crippen LogP contribution is 2.35. The fraction of sp³-hybridized carbons (Fsp3) is 0. The van der Waals surface area contributed by atoms with Crippen LogP contribution in [0.15, 0.2) is 56.7 Å². The first-order chi connectivity index (χ1) is 9.49. The lowest BCUT2D eigenvalue weighted by molar-refractivity contribution is 0.0986. The van der Waals surface area contributed by atoms with Crippen molar-refractivity contribution < 1.29 is 9.59 Å². The number of nitrogens with two attached hydrogens (primary N) is 2. The van der Waals surface area contributed by atoms with Crippen molar-refractivity contribution in [2.24, 2.45) is 11.5 Å². The molecule has 0 saturated heterocycles. The number of carbonyl (C=O) groups is 2. The van der Waals surface area contributed by atoms with Gasteiger partial charge in [-0.3, -0.25) is 9.59 Å². The number of amides is 2. The van der Waals surface area contributed by atoms with E-state index < -0.39 is 11.8 Å². The highest BCUT2D eigenvalue weighted by Gasteiger charge is 2.13. The molecule has 4 N–H and O–H groups in total. The number of benzene rings is 2. The Hall–Kier alpha value is -1.79. The molecule has 2 rings (SSSR count). The second-order valence-electron chi connectivity index (χ2n) is 3.97. The van der Waals surface area contributed by atoms with Gasteiger partial charge in [0.05, 0.1) is 5.56 Å². The summed E-state index contributed by atoms with van der Waals surface area (Å²) in [6.07, 6.45) is 0. The SMILES string of the molecule is NC(=O)c1ccc(C(N)=O)c(Sc2ccccc2Br)c1. The molecular weight excluding hydrogens is 340 g/mol. The molecule has 2 aromatic rings. The van der Waals surface area contributed by atoms with Crippen LogP contribution in [-0.4, -0.2) is 11.8 Å². The summed E-state index contributed by atoms with van der Waals surface area (Å²) in [6.45, 7) is 0. The Morgan fingerprint density at radius 1 is 0.950 bits per heavy atom. The largest absolute Gasteiger partial charge is 0.366 e. The van der Waals surface area contributed by atoms with E-state index in [1.807, 2.05) is 24.3 Å². The van der Waals surface area contributed by atoms with Crippen molar-refractivity contribution in [3.8, 4) is 0 Å². The van der Waals surface area contributed by atoms with Gasteiger partial charge >= 0.3 is 0 Å². The van der Waals surface area contributed by atoms with Gasteiger partial charge in [-0.25, -0.2) is 0 Å². The van der Waals surface area contributed by atoms with Gasteiger partial charge in [0.15, 0.2) is 0 Å². The fourth-order valence-electron chi connectivity index (χ4n) is 1.61. The molecule has 0 atom stereocenters. The molecule has 4 nitrogen and oxygen atoms in total. The van der Waals surface area contributed by atoms with Gasteiger partial charge in [0, 0.05) is 19.8 Å². The lowest BCUT2D eigenvalue weighted by atomic mass is 10.1. The minimum absolute atomic E-state index is 0.338. The summed E-state index contributed by atoms with van der Waals surface area (Å²) in [4.78, 5) is 24.2. The fourth-order valence-corrected chi connectivity index (χ4v) is 3.15. The molecule has 0 aliphatic heterocycles. The Kier molecular flexibility index (Phi) is 4.46. The van der Waals surface area contributed by atoms with Crippen molar-refractivity contribution in [2.45, 2.75) is 9.79 Å². The van der Waals surface area contributed by atoms with Crippen LogP contribution >= 0.6 is 27.7 Å². The molecule has 20 heavy (non-hydrogen) atoms. The molecule has 0 heterocycles. The third-order valence-corrected chi connectivity index (χ3v) is 4.68. The maximum atomic E-state index is 11.5. The molecule has 0 saturated carbocycles. The molecule has 0 spiro atoms. The van der Waals surface area contributed by atoms with Gasteiger partial charge in [0.25, 0.3) is 0 Å². The highest BCUT2D eigenvalue weighted by atomic mass is 79.9. The van der Waals surface area contributed by atoms with E-state index in [1.165, 1.54) is 23.9 Å². The Balaban J connectivity index is 2.48. The lowest BCUT2D eigenvalue weighted by Crippen LogP contribution is -2.15. The Morgan fingerprint density at radius 3 is 2.25 bits per heavy atom. The van der Waals surface area contributed by atoms with Gasteiger partial charge in [0.2, 0.25) is 11.8 Å². The summed E-state index contributed by atoms with van der Waals surface area (Å²) in [5, 5.41) is 0. The van der Waals surface area contributed by atoms with E-state index in [1.54, 1.807) is 6.07 Å². The minimum Gasteiger partial charge on any atom is -0.366 e. The second-order valence-corrected chi connectivity index (χ2v) is 5.91. The summed E-state index contributed by atoms with van der Waals surface area (Å²) in [5.41, 5.74) is 11.3. The molecule has 0 fully saturated rings. The van der Waals surface area contributed by atoms with Crippen LogP contribution in [0.2, 0.25) is 0 Å². The zero-order chi connectivity index (χ0) is 14.7. The maximum Gasteiger partial charge on any atom is 0.249 e. The van der Waals surface area contributed by atoms with Crippen molar-refractivity contribution >= 4 is 39.5 Å². The number of rotatable bonds is 4. The molecule has 0 aromatic heterocycles. The van der Waals surface area contributed by atoms with Crippen LogP contribution in [0.5, 0.6) is 0 Å². The standard InChI is InChI=1S/C14H11BrN2O2S/c15-10-3-1-2-4-11(10)20-12-7-8(13(16)18)5-6-9(12)14(17)19/h1-7H,(H2,16,18)(H2,17,19). The zero-order valence-electron chi connectivity index (χ0n) is 10.3. The van der Waals surface area contributed by atoms with Gasteiger partial charge in [-0.05, 0) is 46.3 Å². The Labute approximate surface area is 128 Å². The van der Waals surface area contributed by atoms with E-state index in [2.05, 4.69) is 15.9 Å². The van der Waals surface area contributed by atoms with Crippen LogP contribution in [0.4, 0.5) is 0 Å². The van der Waals surface area contributed by atoms with Crippen LogP contribution < -0.4 is 11.5 Å². The van der Waals surface area contributed by atoms with Crippen molar-refractivity contribution in [1.82, 2.24) is 0 Å². The first-order valence-corrected chi connectivity index (χ1v) is 7.26. The molecule has 0 bridgehead atoms. The third kappa shape index (κ3) is 3.20. The third-order valence-electron chi connectivity index (χ3n) is 2.59. The molecule has 6 heteroatoms. The predicted octanol–water partition coefficient (Wildman–Crippen LogP) is 2.80. The number of halogens is 1. The van der Waals surface area contributed by atoms with E-state index in [0.717, 1.165) is 9.37 Å². The Bertz CT molecular complexity index is 689. The van der Waals surface area contributed by atoms with E-state index in [0.29, 0.717) is 16.0 Å².